The molecular weight excluding hydrogens is 232 g/mol. The van der Waals surface area contributed by atoms with Gasteiger partial charge in [0.2, 0.25) is 0 Å². The van der Waals surface area contributed by atoms with Gasteiger partial charge in [0, 0.05) is 31.2 Å². The van der Waals surface area contributed by atoms with Gasteiger partial charge in [-0.3, -0.25) is 4.90 Å². The maximum absolute atomic E-state index is 3.72. The van der Waals surface area contributed by atoms with Gasteiger partial charge in [0.05, 0.1) is 0 Å². The van der Waals surface area contributed by atoms with E-state index in [1.54, 1.807) is 0 Å². The van der Waals surface area contributed by atoms with Gasteiger partial charge in [-0.25, -0.2) is 0 Å². The van der Waals surface area contributed by atoms with Gasteiger partial charge in [-0.05, 0) is 44.4 Å². The van der Waals surface area contributed by atoms with Crippen LogP contribution in [0.4, 0.5) is 0 Å². The maximum Gasteiger partial charge on any atom is 0.0252 e. The predicted molar refractivity (Wildman–Crippen MR) is 83.4 cm³/mol. The summed E-state index contributed by atoms with van der Waals surface area (Å²) in [4.78, 5) is 2.80. The molecule has 3 unspecified atom stereocenters. The van der Waals surface area contributed by atoms with E-state index in [-0.39, 0.29) is 5.54 Å². The summed E-state index contributed by atoms with van der Waals surface area (Å²) in [5, 5.41) is 3.72. The van der Waals surface area contributed by atoms with Crippen LogP contribution in [0.25, 0.3) is 0 Å². The van der Waals surface area contributed by atoms with Gasteiger partial charge in [-0.15, -0.1) is 0 Å². The highest BCUT2D eigenvalue weighted by molar-refractivity contribution is 4.94. The number of rotatable bonds is 3. The van der Waals surface area contributed by atoms with Crippen molar-refractivity contribution in [3.63, 3.8) is 0 Å². The van der Waals surface area contributed by atoms with Gasteiger partial charge >= 0.3 is 0 Å². The zero-order chi connectivity index (χ0) is 14.0. The Balaban J connectivity index is 1.97. The van der Waals surface area contributed by atoms with Crippen LogP contribution in [0.3, 0.4) is 0 Å². The molecule has 0 spiro atoms. The summed E-state index contributed by atoms with van der Waals surface area (Å²) in [6.07, 6.45) is 5.82. The molecule has 2 rings (SSSR count). The molecule has 0 aromatic carbocycles. The second-order valence-corrected chi connectivity index (χ2v) is 8.14. The van der Waals surface area contributed by atoms with E-state index in [1.165, 1.54) is 38.8 Å². The first-order valence-electron chi connectivity index (χ1n) is 8.36. The molecule has 2 nitrogen and oxygen atoms in total. The fourth-order valence-corrected chi connectivity index (χ4v) is 4.11. The van der Waals surface area contributed by atoms with Crippen LogP contribution >= 0.6 is 0 Å². The fraction of sp³-hybridized carbons (Fsp3) is 1.00. The molecule has 1 aliphatic carbocycles. The molecule has 1 aliphatic heterocycles. The minimum atomic E-state index is 0.283. The summed E-state index contributed by atoms with van der Waals surface area (Å²) in [5.74, 6) is 2.65. The molecule has 112 valence electrons. The lowest BCUT2D eigenvalue weighted by molar-refractivity contribution is 0.0459. The lowest BCUT2D eigenvalue weighted by Gasteiger charge is -2.48. The number of hydrogen-bond acceptors (Lipinski definition) is 2. The monoisotopic (exact) mass is 266 g/mol. The van der Waals surface area contributed by atoms with Crippen LogP contribution in [0.15, 0.2) is 0 Å². The minimum Gasteiger partial charge on any atom is -0.309 e. The number of nitrogens with zero attached hydrogens (tertiary/aromatic N) is 1. The Morgan fingerprint density at radius 3 is 2.63 bits per heavy atom. The van der Waals surface area contributed by atoms with Crippen LogP contribution in [-0.2, 0) is 0 Å². The van der Waals surface area contributed by atoms with Crippen molar-refractivity contribution in [1.82, 2.24) is 10.2 Å². The van der Waals surface area contributed by atoms with Gasteiger partial charge < -0.3 is 5.32 Å². The Morgan fingerprint density at radius 2 is 2.00 bits per heavy atom. The predicted octanol–water partition coefficient (Wildman–Crippen LogP) is 3.52. The average molecular weight is 266 g/mol. The SMILES string of the molecule is CC1CCCC(CN2CC(C)(C)NCC2C(C)C)C1. The summed E-state index contributed by atoms with van der Waals surface area (Å²) >= 11 is 0. The third kappa shape index (κ3) is 4.19. The van der Waals surface area contributed by atoms with E-state index < -0.39 is 0 Å². The Morgan fingerprint density at radius 1 is 1.26 bits per heavy atom. The molecule has 0 radical (unpaired) electrons. The summed E-state index contributed by atoms with van der Waals surface area (Å²) in [5.41, 5.74) is 0.283. The molecule has 1 N–H and O–H groups in total. The van der Waals surface area contributed by atoms with E-state index in [1.807, 2.05) is 0 Å². The normalized spacial score (nSPS) is 36.6. The van der Waals surface area contributed by atoms with Gasteiger partial charge in [0.1, 0.15) is 0 Å². The molecule has 0 bridgehead atoms. The Bertz CT molecular complexity index is 285. The van der Waals surface area contributed by atoms with Crippen molar-refractivity contribution in [1.29, 1.82) is 0 Å². The average Bonchev–Trinajstić information content (AvgIpc) is 2.27. The highest BCUT2D eigenvalue weighted by atomic mass is 15.3. The second-order valence-electron chi connectivity index (χ2n) is 8.14. The third-order valence-electron chi connectivity index (χ3n) is 5.16. The Labute approximate surface area is 120 Å². The quantitative estimate of drug-likeness (QED) is 0.841. The molecule has 3 atom stereocenters. The molecule has 19 heavy (non-hydrogen) atoms. The molecule has 0 amide bonds. The third-order valence-corrected chi connectivity index (χ3v) is 5.16. The number of piperazine rings is 1. The van der Waals surface area contributed by atoms with E-state index in [0.29, 0.717) is 0 Å². The van der Waals surface area contributed by atoms with Crippen molar-refractivity contribution in [3.8, 4) is 0 Å². The second kappa shape index (κ2) is 6.13. The van der Waals surface area contributed by atoms with Crippen LogP contribution < -0.4 is 5.32 Å². The molecule has 0 aromatic heterocycles. The molecule has 1 heterocycles. The first kappa shape index (κ1) is 15.3. The van der Waals surface area contributed by atoms with Crippen LogP contribution in [-0.4, -0.2) is 36.1 Å². The summed E-state index contributed by atoms with van der Waals surface area (Å²) in [6, 6.07) is 0.727. The first-order valence-corrected chi connectivity index (χ1v) is 8.36. The summed E-state index contributed by atoms with van der Waals surface area (Å²) in [7, 11) is 0. The zero-order valence-electron chi connectivity index (χ0n) is 13.7. The van der Waals surface area contributed by atoms with Crippen LogP contribution in [0.2, 0.25) is 0 Å². The van der Waals surface area contributed by atoms with Crippen LogP contribution in [0.5, 0.6) is 0 Å². The molecule has 0 aromatic rings. The summed E-state index contributed by atoms with van der Waals surface area (Å²) < 4.78 is 0. The van der Waals surface area contributed by atoms with Crippen molar-refractivity contribution in [2.24, 2.45) is 17.8 Å². The number of hydrogen-bond donors (Lipinski definition) is 1. The lowest BCUT2D eigenvalue weighted by Crippen LogP contribution is -2.63. The van der Waals surface area contributed by atoms with Crippen molar-refractivity contribution in [2.45, 2.75) is 71.9 Å². The highest BCUT2D eigenvalue weighted by Gasteiger charge is 2.35. The molecule has 2 aliphatic rings. The van der Waals surface area contributed by atoms with Crippen molar-refractivity contribution < 1.29 is 0 Å². The van der Waals surface area contributed by atoms with Crippen molar-refractivity contribution in [2.75, 3.05) is 19.6 Å². The standard InChI is InChI=1S/C17H34N2/c1-13(2)16-10-18-17(4,5)12-19(16)11-15-8-6-7-14(3)9-15/h13-16,18H,6-12H2,1-5H3. The van der Waals surface area contributed by atoms with Gasteiger partial charge in [0.15, 0.2) is 0 Å². The fourth-order valence-electron chi connectivity index (χ4n) is 4.11. The smallest absolute Gasteiger partial charge is 0.0252 e. The van der Waals surface area contributed by atoms with Gasteiger partial charge in [-0.2, -0.15) is 0 Å². The maximum atomic E-state index is 3.72. The van der Waals surface area contributed by atoms with Crippen LogP contribution in [0.1, 0.15) is 60.3 Å². The van der Waals surface area contributed by atoms with Gasteiger partial charge in [0.25, 0.3) is 0 Å². The van der Waals surface area contributed by atoms with E-state index in [9.17, 15) is 0 Å². The lowest BCUT2D eigenvalue weighted by atomic mass is 9.81. The molecular formula is C17H34N2. The first-order chi connectivity index (χ1) is 8.87. The van der Waals surface area contributed by atoms with Crippen molar-refractivity contribution in [3.05, 3.63) is 0 Å². The van der Waals surface area contributed by atoms with Crippen LogP contribution in [0, 0.1) is 17.8 Å². The van der Waals surface area contributed by atoms with E-state index in [4.69, 9.17) is 0 Å². The largest absolute Gasteiger partial charge is 0.309 e. The number of nitrogens with one attached hydrogen (secondary N) is 1. The van der Waals surface area contributed by atoms with E-state index in [2.05, 4.69) is 44.8 Å². The zero-order valence-corrected chi connectivity index (χ0v) is 13.7. The highest BCUT2D eigenvalue weighted by Crippen LogP contribution is 2.31. The molecule has 1 saturated heterocycles. The van der Waals surface area contributed by atoms with Gasteiger partial charge in [-0.1, -0.05) is 33.6 Å². The Hall–Kier alpha value is -0.0800. The van der Waals surface area contributed by atoms with Crippen molar-refractivity contribution >= 4 is 0 Å². The minimum absolute atomic E-state index is 0.283. The molecule has 1 saturated carbocycles. The summed E-state index contributed by atoms with van der Waals surface area (Å²) in [6.45, 7) is 15.6. The molecule has 2 fully saturated rings. The van der Waals surface area contributed by atoms with E-state index in [0.717, 1.165) is 30.3 Å². The topological polar surface area (TPSA) is 15.3 Å². The van der Waals surface area contributed by atoms with E-state index >= 15 is 0 Å². The molecule has 2 heteroatoms. The Kier molecular flexibility index (Phi) is 4.94.